The van der Waals surface area contributed by atoms with Crippen LogP contribution in [0, 0.1) is 5.82 Å². The lowest BCUT2D eigenvalue weighted by Gasteiger charge is -2.21. The molecule has 0 saturated carbocycles. The molecule has 2 unspecified atom stereocenters. The number of rotatable bonds is 9. The number of Topliss-reactive ketones (excluding diaryl/α,β-unsaturated/α-hetero) is 1. The van der Waals surface area contributed by atoms with E-state index < -0.39 is 12.2 Å². The molecule has 9 nitrogen and oxygen atoms in total. The van der Waals surface area contributed by atoms with Gasteiger partial charge in [-0.05, 0) is 49.4 Å². The van der Waals surface area contributed by atoms with Crippen LogP contribution in [-0.4, -0.2) is 56.0 Å². The number of anilines is 2. The van der Waals surface area contributed by atoms with Gasteiger partial charge >= 0.3 is 6.09 Å². The lowest BCUT2D eigenvalue weighted by molar-refractivity contribution is -0.121. The molecule has 2 aliphatic rings. The minimum atomic E-state index is -0.587. The quantitative estimate of drug-likeness (QED) is 0.460. The average molecular weight is 497 g/mol. The van der Waals surface area contributed by atoms with E-state index in [1.54, 1.807) is 36.4 Å². The maximum absolute atomic E-state index is 14.7. The molecule has 190 valence electrons. The van der Waals surface area contributed by atoms with Crippen LogP contribution in [0.5, 0.6) is 0 Å². The van der Waals surface area contributed by atoms with Crippen LogP contribution in [0.3, 0.4) is 0 Å². The minimum Gasteiger partial charge on any atom is -0.442 e. The molecule has 2 aromatic rings. The molecule has 2 fully saturated rings. The molecule has 36 heavy (non-hydrogen) atoms. The smallest absolute Gasteiger partial charge is 0.414 e. The Morgan fingerprint density at radius 1 is 1.14 bits per heavy atom. The molecule has 2 saturated heterocycles. The van der Waals surface area contributed by atoms with Gasteiger partial charge in [-0.25, -0.2) is 9.18 Å². The van der Waals surface area contributed by atoms with Gasteiger partial charge in [0.1, 0.15) is 11.9 Å². The molecular weight excluding hydrogens is 467 g/mol. The maximum atomic E-state index is 14.7. The van der Waals surface area contributed by atoms with Crippen LogP contribution in [0.4, 0.5) is 20.6 Å². The van der Waals surface area contributed by atoms with Gasteiger partial charge in [-0.1, -0.05) is 6.07 Å². The zero-order valence-corrected chi connectivity index (χ0v) is 20.0. The third-order valence-electron chi connectivity index (χ3n) is 6.30. The Kier molecular flexibility index (Phi) is 7.94. The van der Waals surface area contributed by atoms with Gasteiger partial charge in [-0.3, -0.25) is 19.3 Å². The summed E-state index contributed by atoms with van der Waals surface area (Å²) in [6, 6.07) is 11.1. The summed E-state index contributed by atoms with van der Waals surface area (Å²) in [6.45, 7) is 3.12. The van der Waals surface area contributed by atoms with Gasteiger partial charge in [0.2, 0.25) is 11.8 Å². The van der Waals surface area contributed by atoms with Gasteiger partial charge in [0.05, 0.1) is 18.8 Å². The second-order valence-electron chi connectivity index (χ2n) is 8.96. The molecule has 3 amide bonds. The van der Waals surface area contributed by atoms with Crippen molar-refractivity contribution in [3.05, 3.63) is 59.4 Å². The number of benzene rings is 2. The highest BCUT2D eigenvalue weighted by Gasteiger charge is 2.36. The molecule has 0 aromatic heterocycles. The zero-order valence-electron chi connectivity index (χ0n) is 20.0. The molecule has 2 aromatic carbocycles. The molecule has 10 heteroatoms. The van der Waals surface area contributed by atoms with E-state index in [2.05, 4.69) is 16.0 Å². The number of ketones is 1. The van der Waals surface area contributed by atoms with Gasteiger partial charge in [0, 0.05) is 49.0 Å². The van der Waals surface area contributed by atoms with Crippen molar-refractivity contribution in [2.75, 3.05) is 36.4 Å². The molecule has 3 N–H and O–H groups in total. The molecule has 0 radical (unpaired) electrons. The van der Waals surface area contributed by atoms with Crippen molar-refractivity contribution in [2.45, 2.75) is 38.2 Å². The number of amides is 3. The topological polar surface area (TPSA) is 117 Å². The van der Waals surface area contributed by atoms with Crippen molar-refractivity contribution in [3.8, 4) is 0 Å². The molecule has 2 heterocycles. The van der Waals surface area contributed by atoms with E-state index in [4.69, 9.17) is 4.74 Å². The largest absolute Gasteiger partial charge is 0.442 e. The monoisotopic (exact) mass is 496 g/mol. The minimum absolute atomic E-state index is 0.0145. The van der Waals surface area contributed by atoms with Crippen LogP contribution in [0.15, 0.2) is 42.5 Å². The predicted molar refractivity (Wildman–Crippen MR) is 132 cm³/mol. The maximum Gasteiger partial charge on any atom is 0.414 e. The summed E-state index contributed by atoms with van der Waals surface area (Å²) >= 11 is 0. The lowest BCUT2D eigenvalue weighted by atomic mass is 9.95. The Labute approximate surface area is 208 Å². The van der Waals surface area contributed by atoms with E-state index in [1.165, 1.54) is 17.9 Å². The van der Waals surface area contributed by atoms with Crippen molar-refractivity contribution < 1.29 is 28.3 Å². The predicted octanol–water partition coefficient (Wildman–Crippen LogP) is 2.97. The Hall–Kier alpha value is -3.79. The van der Waals surface area contributed by atoms with Crippen molar-refractivity contribution in [1.29, 1.82) is 0 Å². The first-order chi connectivity index (χ1) is 17.3. The molecule has 2 atom stereocenters. The van der Waals surface area contributed by atoms with Crippen molar-refractivity contribution in [3.63, 3.8) is 0 Å². The number of halogens is 1. The molecular formula is C26H29FN4O5. The van der Waals surface area contributed by atoms with E-state index in [0.29, 0.717) is 29.0 Å². The highest BCUT2D eigenvalue weighted by atomic mass is 19.1. The Morgan fingerprint density at radius 3 is 2.61 bits per heavy atom. The summed E-state index contributed by atoms with van der Waals surface area (Å²) in [6.07, 6.45) is -0.376. The van der Waals surface area contributed by atoms with E-state index in [9.17, 15) is 23.6 Å². The zero-order chi connectivity index (χ0) is 25.7. The van der Waals surface area contributed by atoms with Gasteiger partial charge in [0.15, 0.2) is 5.78 Å². The van der Waals surface area contributed by atoms with Crippen LogP contribution in [0.2, 0.25) is 0 Å². The number of carbonyl (C=O) groups excluding carboxylic acids is 4. The van der Waals surface area contributed by atoms with E-state index in [0.717, 1.165) is 13.0 Å². The number of cyclic esters (lactones) is 1. The van der Waals surface area contributed by atoms with Crippen LogP contribution in [-0.2, 0) is 14.3 Å². The SMILES string of the molecule is CC(=O)Nc1ccc(C(=O)CCC(=O)NCC2CN(c3cccc(F)c3C3CCNC3)C(=O)O2)cc1. The number of nitrogens with one attached hydrogen (secondary N) is 3. The van der Waals surface area contributed by atoms with Crippen LogP contribution < -0.4 is 20.9 Å². The fourth-order valence-electron chi connectivity index (χ4n) is 4.52. The Balaban J connectivity index is 1.27. The summed E-state index contributed by atoms with van der Waals surface area (Å²) in [5.41, 5.74) is 2.04. The molecule has 0 bridgehead atoms. The van der Waals surface area contributed by atoms with E-state index in [1.807, 2.05) is 0 Å². The third kappa shape index (κ3) is 6.06. The Bertz CT molecular complexity index is 1150. The van der Waals surface area contributed by atoms with Gasteiger partial charge in [-0.15, -0.1) is 0 Å². The van der Waals surface area contributed by atoms with Crippen LogP contribution >= 0.6 is 0 Å². The molecule has 2 aliphatic heterocycles. The Morgan fingerprint density at radius 2 is 1.92 bits per heavy atom. The first kappa shape index (κ1) is 25.3. The number of nitrogens with zero attached hydrogens (tertiary/aromatic N) is 1. The normalized spacial score (nSPS) is 19.2. The average Bonchev–Trinajstić information content (AvgIpc) is 3.51. The summed E-state index contributed by atoms with van der Waals surface area (Å²) in [4.78, 5) is 49.7. The number of hydrogen-bond donors (Lipinski definition) is 3. The van der Waals surface area contributed by atoms with E-state index in [-0.39, 0.29) is 55.3 Å². The number of carbonyl (C=O) groups is 4. The van der Waals surface area contributed by atoms with Crippen molar-refractivity contribution in [2.24, 2.45) is 0 Å². The fourth-order valence-corrected chi connectivity index (χ4v) is 4.52. The van der Waals surface area contributed by atoms with Gasteiger partial charge < -0.3 is 20.7 Å². The van der Waals surface area contributed by atoms with Gasteiger partial charge in [0.25, 0.3) is 0 Å². The number of ether oxygens (including phenoxy) is 1. The molecule has 0 spiro atoms. The van der Waals surface area contributed by atoms with Crippen molar-refractivity contribution in [1.82, 2.24) is 10.6 Å². The first-order valence-corrected chi connectivity index (χ1v) is 12.0. The summed E-state index contributed by atoms with van der Waals surface area (Å²) in [5.74, 6) is -1.11. The highest BCUT2D eigenvalue weighted by molar-refractivity contribution is 5.98. The third-order valence-corrected chi connectivity index (χ3v) is 6.30. The summed E-state index contributed by atoms with van der Waals surface area (Å²) < 4.78 is 20.1. The standard InChI is InChI=1S/C26H29FN4O5/c1-16(32)30-19-7-5-17(6-8-19)23(33)9-10-24(34)29-14-20-15-31(26(35)36-20)22-4-2-3-21(27)25(22)18-11-12-28-13-18/h2-8,18,20,28H,9-15H2,1H3,(H,29,34)(H,30,32). The van der Waals surface area contributed by atoms with Crippen LogP contribution in [0.1, 0.15) is 48.0 Å². The lowest BCUT2D eigenvalue weighted by Crippen LogP contribution is -2.35. The first-order valence-electron chi connectivity index (χ1n) is 12.0. The van der Waals surface area contributed by atoms with E-state index >= 15 is 0 Å². The second kappa shape index (κ2) is 11.3. The van der Waals surface area contributed by atoms with Crippen molar-refractivity contribution >= 4 is 35.1 Å². The fraction of sp³-hybridized carbons (Fsp3) is 0.385. The summed E-state index contributed by atoms with van der Waals surface area (Å²) in [5, 5.41) is 8.56. The molecule has 4 rings (SSSR count). The summed E-state index contributed by atoms with van der Waals surface area (Å²) in [7, 11) is 0. The van der Waals surface area contributed by atoms with Crippen LogP contribution in [0.25, 0.3) is 0 Å². The molecule has 0 aliphatic carbocycles. The highest BCUT2D eigenvalue weighted by Crippen LogP contribution is 2.35. The number of hydrogen-bond acceptors (Lipinski definition) is 6. The van der Waals surface area contributed by atoms with Gasteiger partial charge in [-0.2, -0.15) is 0 Å². The second-order valence-corrected chi connectivity index (χ2v) is 8.96.